The number of aryl methyl sites for hydroxylation is 1. The van der Waals surface area contributed by atoms with Gasteiger partial charge in [0.25, 0.3) is 0 Å². The van der Waals surface area contributed by atoms with E-state index in [1.807, 2.05) is 4.68 Å². The summed E-state index contributed by atoms with van der Waals surface area (Å²) in [5.74, 6) is 0. The molecule has 3 nitrogen and oxygen atoms in total. The van der Waals surface area contributed by atoms with Gasteiger partial charge in [-0.1, -0.05) is 52.7 Å². The molecule has 114 valence electrons. The second kappa shape index (κ2) is 6.95. The second-order valence-corrected chi connectivity index (χ2v) is 6.59. The van der Waals surface area contributed by atoms with Crippen molar-refractivity contribution in [3.05, 3.63) is 50.7 Å². The SMILES string of the molecule is CCNC(c1cccc(C)c1Br)c1c(Cl)cnn1C(C)C. The van der Waals surface area contributed by atoms with E-state index in [4.69, 9.17) is 11.6 Å². The van der Waals surface area contributed by atoms with Crippen LogP contribution in [0.1, 0.15) is 49.7 Å². The van der Waals surface area contributed by atoms with Crippen molar-refractivity contribution in [3.63, 3.8) is 0 Å². The molecule has 0 aliphatic rings. The minimum Gasteiger partial charge on any atom is -0.305 e. The maximum atomic E-state index is 6.42. The molecule has 1 atom stereocenters. The summed E-state index contributed by atoms with van der Waals surface area (Å²) in [5, 5.41) is 8.65. The minimum absolute atomic E-state index is 0.0154. The van der Waals surface area contributed by atoms with Gasteiger partial charge in [0.2, 0.25) is 0 Å². The Morgan fingerprint density at radius 1 is 1.38 bits per heavy atom. The van der Waals surface area contributed by atoms with E-state index in [-0.39, 0.29) is 12.1 Å². The van der Waals surface area contributed by atoms with Crippen LogP contribution in [0.2, 0.25) is 5.02 Å². The highest BCUT2D eigenvalue weighted by Crippen LogP contribution is 2.35. The molecule has 5 heteroatoms. The molecule has 0 spiro atoms. The molecule has 2 aromatic rings. The van der Waals surface area contributed by atoms with Crippen LogP contribution in [0.25, 0.3) is 0 Å². The Balaban J connectivity index is 2.59. The van der Waals surface area contributed by atoms with Crippen molar-refractivity contribution < 1.29 is 0 Å². The van der Waals surface area contributed by atoms with Crippen molar-refractivity contribution in [3.8, 4) is 0 Å². The van der Waals surface area contributed by atoms with Crippen LogP contribution in [0.15, 0.2) is 28.9 Å². The topological polar surface area (TPSA) is 29.9 Å². The molecule has 0 saturated carbocycles. The molecule has 0 amide bonds. The maximum Gasteiger partial charge on any atom is 0.0837 e. The number of aromatic nitrogens is 2. The van der Waals surface area contributed by atoms with Gasteiger partial charge in [0.15, 0.2) is 0 Å². The quantitative estimate of drug-likeness (QED) is 0.812. The monoisotopic (exact) mass is 369 g/mol. The fourth-order valence-corrected chi connectivity index (χ4v) is 3.22. The van der Waals surface area contributed by atoms with E-state index in [1.165, 1.54) is 11.1 Å². The summed E-state index contributed by atoms with van der Waals surface area (Å²) >= 11 is 10.1. The number of halogens is 2. The van der Waals surface area contributed by atoms with Gasteiger partial charge in [-0.2, -0.15) is 5.10 Å². The van der Waals surface area contributed by atoms with Crippen molar-refractivity contribution in [2.24, 2.45) is 0 Å². The third-order valence-electron chi connectivity index (χ3n) is 3.49. The number of rotatable bonds is 5. The van der Waals surface area contributed by atoms with Crippen LogP contribution in [-0.2, 0) is 0 Å². The van der Waals surface area contributed by atoms with Crippen LogP contribution in [0.5, 0.6) is 0 Å². The molecular weight excluding hydrogens is 350 g/mol. The highest BCUT2D eigenvalue weighted by molar-refractivity contribution is 9.10. The Morgan fingerprint density at radius 2 is 2.10 bits per heavy atom. The van der Waals surface area contributed by atoms with E-state index >= 15 is 0 Å². The van der Waals surface area contributed by atoms with E-state index in [1.54, 1.807) is 6.20 Å². The van der Waals surface area contributed by atoms with Crippen LogP contribution in [0, 0.1) is 6.92 Å². The number of nitrogens with zero attached hydrogens (tertiary/aromatic N) is 2. The Bertz CT molecular complexity index is 622. The van der Waals surface area contributed by atoms with Crippen LogP contribution in [0.4, 0.5) is 0 Å². The first-order chi connectivity index (χ1) is 9.97. The summed E-state index contributed by atoms with van der Waals surface area (Å²) in [7, 11) is 0. The summed E-state index contributed by atoms with van der Waals surface area (Å²) in [4.78, 5) is 0. The van der Waals surface area contributed by atoms with Gasteiger partial charge in [-0.3, -0.25) is 4.68 Å². The van der Waals surface area contributed by atoms with Crippen molar-refractivity contribution in [2.75, 3.05) is 6.54 Å². The number of nitrogens with one attached hydrogen (secondary N) is 1. The average molecular weight is 371 g/mol. The predicted octanol–water partition coefficient (Wildman–Crippen LogP) is 4.89. The van der Waals surface area contributed by atoms with E-state index in [0.29, 0.717) is 5.02 Å². The fourth-order valence-electron chi connectivity index (χ4n) is 2.48. The van der Waals surface area contributed by atoms with E-state index < -0.39 is 0 Å². The van der Waals surface area contributed by atoms with Crippen LogP contribution >= 0.6 is 27.5 Å². The number of hydrogen-bond donors (Lipinski definition) is 1. The van der Waals surface area contributed by atoms with Gasteiger partial charge in [0.1, 0.15) is 0 Å². The summed E-state index contributed by atoms with van der Waals surface area (Å²) < 4.78 is 3.10. The van der Waals surface area contributed by atoms with Crippen LogP contribution < -0.4 is 5.32 Å². The Kier molecular flexibility index (Phi) is 5.47. The standard InChI is InChI=1S/C16H21BrClN3/c1-5-19-15(12-8-6-7-11(4)14(12)17)16-13(18)9-20-21(16)10(2)3/h6-10,15,19H,5H2,1-4H3. The molecule has 1 N–H and O–H groups in total. The lowest BCUT2D eigenvalue weighted by Crippen LogP contribution is -2.26. The molecule has 0 bridgehead atoms. The zero-order chi connectivity index (χ0) is 15.6. The van der Waals surface area contributed by atoms with Crippen LogP contribution in [-0.4, -0.2) is 16.3 Å². The Hall–Kier alpha value is -0.840. The van der Waals surface area contributed by atoms with Gasteiger partial charge in [0.05, 0.1) is 23.0 Å². The maximum absolute atomic E-state index is 6.42. The predicted molar refractivity (Wildman–Crippen MR) is 92.0 cm³/mol. The van der Waals surface area contributed by atoms with E-state index in [9.17, 15) is 0 Å². The third kappa shape index (κ3) is 3.33. The summed E-state index contributed by atoms with van der Waals surface area (Å²) in [6, 6.07) is 6.57. The van der Waals surface area contributed by atoms with Crippen molar-refractivity contribution >= 4 is 27.5 Å². The Morgan fingerprint density at radius 3 is 2.71 bits per heavy atom. The average Bonchev–Trinajstić information content (AvgIpc) is 2.82. The number of benzene rings is 1. The van der Waals surface area contributed by atoms with Gasteiger partial charge >= 0.3 is 0 Å². The molecule has 0 fully saturated rings. The van der Waals surface area contributed by atoms with Gasteiger partial charge in [-0.05, 0) is 38.4 Å². The van der Waals surface area contributed by atoms with Crippen LogP contribution in [0.3, 0.4) is 0 Å². The molecule has 1 aromatic carbocycles. The summed E-state index contributed by atoms with van der Waals surface area (Å²) in [6.07, 6.45) is 1.73. The van der Waals surface area contributed by atoms with Crippen molar-refractivity contribution in [1.29, 1.82) is 0 Å². The van der Waals surface area contributed by atoms with E-state index in [2.05, 4.69) is 72.2 Å². The molecule has 1 heterocycles. The highest BCUT2D eigenvalue weighted by Gasteiger charge is 2.24. The zero-order valence-corrected chi connectivity index (χ0v) is 15.2. The van der Waals surface area contributed by atoms with Crippen molar-refractivity contribution in [1.82, 2.24) is 15.1 Å². The normalized spacial score (nSPS) is 12.9. The molecule has 0 aliphatic heterocycles. The summed E-state index contributed by atoms with van der Waals surface area (Å²) in [5.41, 5.74) is 3.41. The highest BCUT2D eigenvalue weighted by atomic mass is 79.9. The van der Waals surface area contributed by atoms with E-state index in [0.717, 1.165) is 16.7 Å². The first kappa shape index (κ1) is 16.5. The zero-order valence-electron chi connectivity index (χ0n) is 12.8. The van der Waals surface area contributed by atoms with Crippen molar-refractivity contribution in [2.45, 2.75) is 39.8 Å². The second-order valence-electron chi connectivity index (χ2n) is 5.38. The van der Waals surface area contributed by atoms with Gasteiger partial charge < -0.3 is 5.32 Å². The lowest BCUT2D eigenvalue weighted by molar-refractivity contribution is 0.476. The molecule has 0 radical (unpaired) electrons. The van der Waals surface area contributed by atoms with Gasteiger partial charge in [-0.25, -0.2) is 0 Å². The fraction of sp³-hybridized carbons (Fsp3) is 0.438. The smallest absolute Gasteiger partial charge is 0.0837 e. The first-order valence-corrected chi connectivity index (χ1v) is 8.35. The minimum atomic E-state index is 0.0154. The summed E-state index contributed by atoms with van der Waals surface area (Å²) in [6.45, 7) is 9.27. The third-order valence-corrected chi connectivity index (χ3v) is 4.86. The number of hydrogen-bond acceptors (Lipinski definition) is 2. The molecule has 1 aromatic heterocycles. The molecule has 2 rings (SSSR count). The molecule has 21 heavy (non-hydrogen) atoms. The lowest BCUT2D eigenvalue weighted by Gasteiger charge is -2.23. The largest absolute Gasteiger partial charge is 0.305 e. The lowest BCUT2D eigenvalue weighted by atomic mass is 10.0. The van der Waals surface area contributed by atoms with Gasteiger partial charge in [-0.15, -0.1) is 0 Å². The Labute approximate surface area is 139 Å². The molecular formula is C16H21BrClN3. The van der Waals surface area contributed by atoms with Gasteiger partial charge in [0, 0.05) is 10.5 Å². The first-order valence-electron chi connectivity index (χ1n) is 7.18. The molecule has 0 saturated heterocycles. The molecule has 0 aliphatic carbocycles. The molecule has 1 unspecified atom stereocenters.